The summed E-state index contributed by atoms with van der Waals surface area (Å²) in [5.41, 5.74) is 0.285. The molecule has 0 unspecified atom stereocenters. The molecule has 0 heterocycles. The van der Waals surface area contributed by atoms with Gasteiger partial charge in [-0.25, -0.2) is 4.79 Å². The van der Waals surface area contributed by atoms with Crippen molar-refractivity contribution in [2.75, 3.05) is 26.4 Å². The Morgan fingerprint density at radius 3 is 2.69 bits per heavy atom. The van der Waals surface area contributed by atoms with Crippen LogP contribution in [-0.4, -0.2) is 37.9 Å². The van der Waals surface area contributed by atoms with Gasteiger partial charge in [-0.2, -0.15) is 0 Å². The summed E-state index contributed by atoms with van der Waals surface area (Å²) < 4.78 is 9.97. The van der Waals surface area contributed by atoms with Gasteiger partial charge in [-0.1, -0.05) is 12.8 Å². The Morgan fingerprint density at radius 2 is 2.06 bits per heavy atom. The summed E-state index contributed by atoms with van der Waals surface area (Å²) in [5.74, 6) is -0.283. The fraction of sp³-hybridized carbons (Fsp3) is 0.917. The standard InChI is InChI=1S/C12H23NO3/c1-3-16-11(14)10-15-9-8-13-12(2)6-4-5-7-12/h13H,3-10H2,1-2H3. The first-order valence-electron chi connectivity index (χ1n) is 6.15. The fourth-order valence-electron chi connectivity index (χ4n) is 2.12. The van der Waals surface area contributed by atoms with E-state index < -0.39 is 0 Å². The summed E-state index contributed by atoms with van der Waals surface area (Å²) in [6, 6.07) is 0. The van der Waals surface area contributed by atoms with E-state index in [4.69, 9.17) is 9.47 Å². The van der Waals surface area contributed by atoms with Gasteiger partial charge in [0.1, 0.15) is 6.61 Å². The number of rotatable bonds is 7. The topological polar surface area (TPSA) is 47.6 Å². The second kappa shape index (κ2) is 6.86. The minimum atomic E-state index is -0.283. The molecule has 4 heteroatoms. The summed E-state index contributed by atoms with van der Waals surface area (Å²) in [5, 5.41) is 3.49. The Labute approximate surface area is 97.7 Å². The molecule has 1 fully saturated rings. The Kier molecular flexibility index (Phi) is 5.77. The van der Waals surface area contributed by atoms with Crippen LogP contribution in [0.25, 0.3) is 0 Å². The second-order valence-corrected chi connectivity index (χ2v) is 4.55. The van der Waals surface area contributed by atoms with Crippen molar-refractivity contribution in [2.45, 2.75) is 45.1 Å². The summed E-state index contributed by atoms with van der Waals surface area (Å²) >= 11 is 0. The van der Waals surface area contributed by atoms with Crippen molar-refractivity contribution in [3.05, 3.63) is 0 Å². The maximum Gasteiger partial charge on any atom is 0.332 e. The van der Waals surface area contributed by atoms with E-state index in [0.717, 1.165) is 6.54 Å². The van der Waals surface area contributed by atoms with Crippen LogP contribution in [0.5, 0.6) is 0 Å². The molecule has 4 nitrogen and oxygen atoms in total. The lowest BCUT2D eigenvalue weighted by Gasteiger charge is -2.25. The molecular formula is C12H23NO3. The quantitative estimate of drug-likeness (QED) is 0.531. The third-order valence-electron chi connectivity index (χ3n) is 3.03. The Balaban J connectivity index is 1.97. The number of nitrogens with one attached hydrogen (secondary N) is 1. The second-order valence-electron chi connectivity index (χ2n) is 4.55. The maximum atomic E-state index is 11.0. The number of ether oxygens (including phenoxy) is 2. The van der Waals surface area contributed by atoms with Gasteiger partial charge in [0, 0.05) is 12.1 Å². The van der Waals surface area contributed by atoms with Crippen LogP contribution in [0, 0.1) is 0 Å². The van der Waals surface area contributed by atoms with Crippen LogP contribution < -0.4 is 5.32 Å². The summed E-state index contributed by atoms with van der Waals surface area (Å²) in [6.45, 7) is 5.89. The van der Waals surface area contributed by atoms with Crippen molar-refractivity contribution in [3.8, 4) is 0 Å². The van der Waals surface area contributed by atoms with Gasteiger partial charge < -0.3 is 14.8 Å². The highest BCUT2D eigenvalue weighted by molar-refractivity contribution is 5.70. The molecule has 0 radical (unpaired) electrons. The maximum absolute atomic E-state index is 11.0. The van der Waals surface area contributed by atoms with E-state index >= 15 is 0 Å². The van der Waals surface area contributed by atoms with Crippen LogP contribution in [0.2, 0.25) is 0 Å². The largest absolute Gasteiger partial charge is 0.464 e. The molecule has 0 bridgehead atoms. The monoisotopic (exact) mass is 229 g/mol. The van der Waals surface area contributed by atoms with E-state index in [-0.39, 0.29) is 18.1 Å². The molecule has 0 aromatic heterocycles. The van der Waals surface area contributed by atoms with Crippen LogP contribution in [-0.2, 0) is 14.3 Å². The SMILES string of the molecule is CCOC(=O)COCCNC1(C)CCCC1. The number of hydrogen-bond acceptors (Lipinski definition) is 4. The van der Waals surface area contributed by atoms with E-state index in [0.29, 0.717) is 13.2 Å². The lowest BCUT2D eigenvalue weighted by Crippen LogP contribution is -2.41. The molecule has 0 saturated heterocycles. The zero-order valence-electron chi connectivity index (χ0n) is 10.4. The number of esters is 1. The van der Waals surface area contributed by atoms with Crippen molar-refractivity contribution >= 4 is 5.97 Å². The van der Waals surface area contributed by atoms with Crippen molar-refractivity contribution in [1.29, 1.82) is 0 Å². The minimum Gasteiger partial charge on any atom is -0.464 e. The van der Waals surface area contributed by atoms with Gasteiger partial charge in [-0.05, 0) is 26.7 Å². The molecule has 0 atom stereocenters. The molecule has 1 rings (SSSR count). The van der Waals surface area contributed by atoms with E-state index in [1.54, 1.807) is 6.92 Å². The zero-order valence-corrected chi connectivity index (χ0v) is 10.4. The van der Waals surface area contributed by atoms with Crippen molar-refractivity contribution in [2.24, 2.45) is 0 Å². The van der Waals surface area contributed by atoms with Gasteiger partial charge in [-0.3, -0.25) is 0 Å². The van der Waals surface area contributed by atoms with E-state index in [2.05, 4.69) is 12.2 Å². The van der Waals surface area contributed by atoms with Gasteiger partial charge in [0.15, 0.2) is 0 Å². The van der Waals surface area contributed by atoms with Crippen LogP contribution in [0.4, 0.5) is 0 Å². The van der Waals surface area contributed by atoms with Gasteiger partial charge in [0.05, 0.1) is 13.2 Å². The Morgan fingerprint density at radius 1 is 1.38 bits per heavy atom. The molecule has 94 valence electrons. The van der Waals surface area contributed by atoms with Crippen molar-refractivity contribution in [3.63, 3.8) is 0 Å². The number of hydrogen-bond donors (Lipinski definition) is 1. The van der Waals surface area contributed by atoms with Gasteiger partial charge >= 0.3 is 5.97 Å². The molecule has 1 N–H and O–H groups in total. The van der Waals surface area contributed by atoms with Gasteiger partial charge in [0.25, 0.3) is 0 Å². The molecule has 0 spiro atoms. The Hall–Kier alpha value is -0.610. The molecule has 1 saturated carbocycles. The molecule has 16 heavy (non-hydrogen) atoms. The van der Waals surface area contributed by atoms with Gasteiger partial charge in [0.2, 0.25) is 0 Å². The third-order valence-corrected chi connectivity index (χ3v) is 3.03. The molecule has 0 aromatic carbocycles. The predicted octanol–water partition coefficient (Wildman–Crippen LogP) is 1.49. The van der Waals surface area contributed by atoms with E-state index in [1.165, 1.54) is 25.7 Å². The summed E-state index contributed by atoms with van der Waals surface area (Å²) in [7, 11) is 0. The molecular weight excluding hydrogens is 206 g/mol. The molecule has 1 aliphatic carbocycles. The van der Waals surface area contributed by atoms with Crippen LogP contribution in [0.3, 0.4) is 0 Å². The molecule has 0 aromatic rings. The summed E-state index contributed by atoms with van der Waals surface area (Å²) in [4.78, 5) is 11.0. The van der Waals surface area contributed by atoms with Crippen LogP contribution in [0.15, 0.2) is 0 Å². The first kappa shape index (κ1) is 13.5. The smallest absolute Gasteiger partial charge is 0.332 e. The molecule has 0 amide bonds. The van der Waals surface area contributed by atoms with Crippen LogP contribution >= 0.6 is 0 Å². The van der Waals surface area contributed by atoms with E-state index in [1.807, 2.05) is 0 Å². The van der Waals surface area contributed by atoms with Crippen molar-refractivity contribution < 1.29 is 14.3 Å². The summed E-state index contributed by atoms with van der Waals surface area (Å²) in [6.07, 6.45) is 5.11. The van der Waals surface area contributed by atoms with E-state index in [9.17, 15) is 4.79 Å². The fourth-order valence-corrected chi connectivity index (χ4v) is 2.12. The predicted molar refractivity (Wildman–Crippen MR) is 62.3 cm³/mol. The number of carbonyl (C=O) groups is 1. The molecule has 1 aliphatic rings. The van der Waals surface area contributed by atoms with Crippen LogP contribution in [0.1, 0.15) is 39.5 Å². The highest BCUT2D eigenvalue weighted by Gasteiger charge is 2.27. The minimum absolute atomic E-state index is 0.0617. The normalized spacial score (nSPS) is 18.6. The van der Waals surface area contributed by atoms with Crippen molar-refractivity contribution in [1.82, 2.24) is 5.32 Å². The average molecular weight is 229 g/mol. The lowest BCUT2D eigenvalue weighted by atomic mass is 10.0. The average Bonchev–Trinajstić information content (AvgIpc) is 2.65. The first-order valence-corrected chi connectivity index (χ1v) is 6.15. The first-order chi connectivity index (χ1) is 7.66. The number of carbonyl (C=O) groups excluding carboxylic acids is 1. The third kappa shape index (κ3) is 4.94. The lowest BCUT2D eigenvalue weighted by molar-refractivity contribution is -0.148. The Bertz CT molecular complexity index is 212. The zero-order chi connectivity index (χ0) is 11.9. The highest BCUT2D eigenvalue weighted by atomic mass is 16.6. The highest BCUT2D eigenvalue weighted by Crippen LogP contribution is 2.28. The van der Waals surface area contributed by atoms with Gasteiger partial charge in [-0.15, -0.1) is 0 Å². The molecule has 0 aliphatic heterocycles.